The minimum absolute atomic E-state index is 0.516. The Morgan fingerprint density at radius 3 is 1.17 bits per heavy atom. The van der Waals surface area contributed by atoms with E-state index in [1.807, 2.05) is 12.1 Å². The summed E-state index contributed by atoms with van der Waals surface area (Å²) in [6.45, 7) is 0. The lowest BCUT2D eigenvalue weighted by atomic mass is 9.68. The Bertz CT molecular complexity index is 3960. The molecule has 0 N–H and O–H groups in total. The van der Waals surface area contributed by atoms with Gasteiger partial charge in [0.1, 0.15) is 22.3 Å². The van der Waals surface area contributed by atoms with E-state index < -0.39 is 5.41 Å². The molecule has 0 atom stereocenters. The zero-order valence-electron chi connectivity index (χ0n) is 35.1. The number of benzene rings is 11. The molecule has 2 aliphatic carbocycles. The highest BCUT2D eigenvalue weighted by atomic mass is 16.3. The van der Waals surface area contributed by atoms with Gasteiger partial charge in [-0.3, -0.25) is 0 Å². The molecule has 2 aromatic heterocycles. The molecular formula is C63H36O2. The van der Waals surface area contributed by atoms with E-state index in [0.29, 0.717) is 0 Å². The van der Waals surface area contributed by atoms with Crippen LogP contribution in [-0.4, -0.2) is 0 Å². The van der Waals surface area contributed by atoms with Crippen molar-refractivity contribution in [3.8, 4) is 55.6 Å². The molecule has 0 unspecified atom stereocenters. The van der Waals surface area contributed by atoms with Gasteiger partial charge in [0.15, 0.2) is 0 Å². The molecular weight excluding hydrogens is 789 g/mol. The normalized spacial score (nSPS) is 13.4. The third kappa shape index (κ3) is 4.58. The van der Waals surface area contributed by atoms with Crippen molar-refractivity contribution in [2.24, 2.45) is 0 Å². The molecule has 11 aromatic carbocycles. The first-order valence-electron chi connectivity index (χ1n) is 22.5. The maximum Gasteiger partial charge on any atom is 0.136 e. The van der Waals surface area contributed by atoms with Crippen LogP contribution in [0.15, 0.2) is 227 Å². The van der Waals surface area contributed by atoms with Crippen LogP contribution in [0.25, 0.3) is 121 Å². The minimum Gasteiger partial charge on any atom is -0.456 e. The molecule has 65 heavy (non-hydrogen) atoms. The minimum atomic E-state index is -0.516. The summed E-state index contributed by atoms with van der Waals surface area (Å²) in [5.74, 6) is 0. The Hall–Kier alpha value is -8.46. The van der Waals surface area contributed by atoms with Crippen molar-refractivity contribution in [2.45, 2.75) is 5.41 Å². The number of rotatable bonds is 3. The SMILES string of the molecule is c1ccc2c(c1)-c1ccccc1C21c2ccccc2-c2cccc(-c3c4cccc(-c5ccc6c(c5)oc5ccccc56)c4cc4c(-c5ccc6c(c5)oc5ccccc56)cccc34)c21. The summed E-state index contributed by atoms with van der Waals surface area (Å²) in [6, 6.07) is 80.6. The van der Waals surface area contributed by atoms with E-state index in [9.17, 15) is 0 Å². The molecule has 0 fully saturated rings. The van der Waals surface area contributed by atoms with E-state index in [1.165, 1.54) is 77.2 Å². The highest BCUT2D eigenvalue weighted by molar-refractivity contribution is 6.21. The molecule has 300 valence electrons. The van der Waals surface area contributed by atoms with Crippen molar-refractivity contribution >= 4 is 65.4 Å². The molecule has 2 heterocycles. The molecule has 0 amide bonds. The van der Waals surface area contributed by atoms with Crippen molar-refractivity contribution < 1.29 is 8.83 Å². The van der Waals surface area contributed by atoms with Crippen LogP contribution >= 0.6 is 0 Å². The molecule has 2 nitrogen and oxygen atoms in total. The fourth-order valence-electron chi connectivity index (χ4n) is 12.1. The second-order valence-electron chi connectivity index (χ2n) is 17.8. The van der Waals surface area contributed by atoms with Crippen molar-refractivity contribution in [2.75, 3.05) is 0 Å². The summed E-state index contributed by atoms with van der Waals surface area (Å²) in [7, 11) is 0. The summed E-state index contributed by atoms with van der Waals surface area (Å²) in [6.07, 6.45) is 0. The van der Waals surface area contributed by atoms with Crippen molar-refractivity contribution in [1.82, 2.24) is 0 Å². The first-order valence-corrected chi connectivity index (χ1v) is 22.5. The van der Waals surface area contributed by atoms with Crippen LogP contribution < -0.4 is 0 Å². The number of fused-ring (bicyclic) bond motifs is 18. The molecule has 0 aliphatic heterocycles. The second kappa shape index (κ2) is 12.8. The van der Waals surface area contributed by atoms with Gasteiger partial charge in [-0.15, -0.1) is 0 Å². The maximum absolute atomic E-state index is 6.51. The lowest BCUT2D eigenvalue weighted by Gasteiger charge is -2.32. The smallest absolute Gasteiger partial charge is 0.136 e. The van der Waals surface area contributed by atoms with Gasteiger partial charge in [0.25, 0.3) is 0 Å². The average Bonchev–Trinajstić information content (AvgIpc) is 4.10. The molecule has 2 heteroatoms. The van der Waals surface area contributed by atoms with Crippen LogP contribution in [0.5, 0.6) is 0 Å². The fourth-order valence-corrected chi connectivity index (χ4v) is 12.1. The third-order valence-corrected chi connectivity index (χ3v) is 14.7. The molecule has 0 saturated carbocycles. The topological polar surface area (TPSA) is 26.3 Å². The van der Waals surface area contributed by atoms with Gasteiger partial charge < -0.3 is 8.83 Å². The zero-order valence-corrected chi connectivity index (χ0v) is 35.1. The zero-order chi connectivity index (χ0) is 42.4. The summed E-state index contributed by atoms with van der Waals surface area (Å²) < 4.78 is 13.0. The quantitative estimate of drug-likeness (QED) is 0.166. The van der Waals surface area contributed by atoms with Crippen LogP contribution in [0.1, 0.15) is 22.3 Å². The molecule has 0 bridgehead atoms. The second-order valence-corrected chi connectivity index (χ2v) is 17.8. The summed E-state index contributed by atoms with van der Waals surface area (Å²) in [5, 5.41) is 9.33. The van der Waals surface area contributed by atoms with E-state index >= 15 is 0 Å². The summed E-state index contributed by atoms with van der Waals surface area (Å²) in [5.41, 5.74) is 20.7. The van der Waals surface area contributed by atoms with Crippen LogP contribution in [0.2, 0.25) is 0 Å². The van der Waals surface area contributed by atoms with E-state index in [2.05, 4.69) is 206 Å². The lowest BCUT2D eigenvalue weighted by molar-refractivity contribution is 0.668. The Labute approximate surface area is 374 Å². The van der Waals surface area contributed by atoms with Crippen LogP contribution in [0, 0.1) is 0 Å². The van der Waals surface area contributed by atoms with Crippen LogP contribution in [0.3, 0.4) is 0 Å². The molecule has 0 saturated heterocycles. The van der Waals surface area contributed by atoms with Gasteiger partial charge in [0.05, 0.1) is 5.41 Å². The molecule has 1 spiro atoms. The fraction of sp³-hybridized carbons (Fsp3) is 0.0159. The Kier molecular flexibility index (Phi) is 6.91. The monoisotopic (exact) mass is 824 g/mol. The largest absolute Gasteiger partial charge is 0.456 e. The van der Waals surface area contributed by atoms with Gasteiger partial charge in [-0.05, 0) is 142 Å². The van der Waals surface area contributed by atoms with E-state index in [1.54, 1.807) is 0 Å². The van der Waals surface area contributed by atoms with Gasteiger partial charge in [-0.25, -0.2) is 0 Å². The van der Waals surface area contributed by atoms with Crippen molar-refractivity contribution in [1.29, 1.82) is 0 Å². The molecule has 0 radical (unpaired) electrons. The van der Waals surface area contributed by atoms with Crippen LogP contribution in [0.4, 0.5) is 0 Å². The van der Waals surface area contributed by atoms with Gasteiger partial charge >= 0.3 is 0 Å². The number of furan rings is 2. The molecule has 2 aliphatic rings. The number of hydrogen-bond acceptors (Lipinski definition) is 2. The predicted molar refractivity (Wildman–Crippen MR) is 269 cm³/mol. The maximum atomic E-state index is 6.51. The Morgan fingerprint density at radius 1 is 0.246 bits per heavy atom. The van der Waals surface area contributed by atoms with E-state index in [0.717, 1.165) is 66.1 Å². The summed E-state index contributed by atoms with van der Waals surface area (Å²) in [4.78, 5) is 0. The first kappa shape index (κ1) is 35.1. The van der Waals surface area contributed by atoms with Crippen molar-refractivity contribution in [3.05, 3.63) is 241 Å². The van der Waals surface area contributed by atoms with Crippen LogP contribution in [-0.2, 0) is 5.41 Å². The Morgan fingerprint density at radius 2 is 0.631 bits per heavy atom. The Balaban J connectivity index is 1.08. The standard InChI is InChI=1S/C63H36O2/c1-6-25-54-41(14-1)42-15-2-7-26-55(42)63(54)56-27-8-3-16-43(56)50-23-13-24-51(62(50)63)61-48-21-11-19-39(37-30-32-46-44-17-4-9-28-57(44)64-59(46)34-37)52(48)36-53-40(20-12-22-49(53)61)38-31-33-47-45-18-5-10-29-58(45)65-60(47)35-38/h1-36H. The molecule has 13 aromatic rings. The average molecular weight is 825 g/mol. The van der Waals surface area contributed by atoms with Gasteiger partial charge in [-0.2, -0.15) is 0 Å². The summed E-state index contributed by atoms with van der Waals surface area (Å²) >= 11 is 0. The van der Waals surface area contributed by atoms with Gasteiger partial charge in [-0.1, -0.05) is 176 Å². The van der Waals surface area contributed by atoms with Crippen molar-refractivity contribution in [3.63, 3.8) is 0 Å². The van der Waals surface area contributed by atoms with E-state index in [4.69, 9.17) is 8.83 Å². The highest BCUT2D eigenvalue weighted by Crippen LogP contribution is 2.65. The number of para-hydroxylation sites is 2. The predicted octanol–water partition coefficient (Wildman–Crippen LogP) is 17.1. The lowest BCUT2D eigenvalue weighted by Crippen LogP contribution is -2.26. The van der Waals surface area contributed by atoms with Gasteiger partial charge in [0.2, 0.25) is 0 Å². The van der Waals surface area contributed by atoms with Gasteiger partial charge in [0, 0.05) is 21.5 Å². The highest BCUT2D eigenvalue weighted by Gasteiger charge is 2.52. The van der Waals surface area contributed by atoms with E-state index in [-0.39, 0.29) is 0 Å². The first-order chi connectivity index (χ1) is 32.2. The third-order valence-electron chi connectivity index (χ3n) is 14.7. The number of hydrogen-bond donors (Lipinski definition) is 0. The molecule has 15 rings (SSSR count).